The number of hydrogen-bond donors (Lipinski definition) is 0. The fourth-order valence-electron chi connectivity index (χ4n) is 3.30. The molecular weight excluding hydrogens is 373 g/mol. The molecule has 3 rings (SSSR count). The average molecular weight is 392 g/mol. The van der Waals surface area contributed by atoms with Crippen molar-refractivity contribution in [3.8, 4) is 0 Å². The second kappa shape index (κ2) is 8.00. The van der Waals surface area contributed by atoms with E-state index in [0.29, 0.717) is 43.8 Å². The van der Waals surface area contributed by atoms with Gasteiger partial charge in [-0.05, 0) is 18.9 Å². The van der Waals surface area contributed by atoms with Crippen molar-refractivity contribution in [3.05, 3.63) is 70.1 Å². The molecule has 0 radical (unpaired) electrons. The first kappa shape index (κ1) is 19.9. The van der Waals surface area contributed by atoms with Crippen molar-refractivity contribution in [3.63, 3.8) is 0 Å². The molecule has 1 saturated heterocycles. The molecule has 1 aromatic heterocycles. The molecule has 0 spiro atoms. The van der Waals surface area contributed by atoms with Gasteiger partial charge in [-0.15, -0.1) is 0 Å². The van der Waals surface area contributed by atoms with Gasteiger partial charge in [-0.25, -0.2) is 0 Å². The third-order valence-corrected chi connectivity index (χ3v) is 4.89. The standard InChI is InChI=1S/C20H19F3N2O3/c21-20(22,23)16-6-7-17(26)25(12-16)13-18(27)24-10-8-15(9-11-24)19(28)14-4-2-1-3-5-14/h1-7,12,15H,8-11,13H2. The first-order chi connectivity index (χ1) is 13.3. The van der Waals surface area contributed by atoms with Crippen molar-refractivity contribution in [1.29, 1.82) is 0 Å². The maximum absolute atomic E-state index is 12.8. The van der Waals surface area contributed by atoms with Gasteiger partial charge < -0.3 is 9.47 Å². The number of likely N-dealkylation sites (tertiary alicyclic amines) is 1. The van der Waals surface area contributed by atoms with Crippen LogP contribution in [0.2, 0.25) is 0 Å². The smallest absolute Gasteiger partial charge is 0.341 e. The Labute approximate surface area is 159 Å². The van der Waals surface area contributed by atoms with Gasteiger partial charge in [0.1, 0.15) is 6.54 Å². The SMILES string of the molecule is O=C(c1ccccc1)C1CCN(C(=O)Cn2cc(C(F)(F)F)ccc2=O)CC1. The summed E-state index contributed by atoms with van der Waals surface area (Å²) in [7, 11) is 0. The molecule has 1 fully saturated rings. The van der Waals surface area contributed by atoms with Crippen molar-refractivity contribution in [2.24, 2.45) is 5.92 Å². The Morgan fingerprint density at radius 2 is 1.64 bits per heavy atom. The van der Waals surface area contributed by atoms with Crippen LogP contribution in [0, 0.1) is 5.92 Å². The number of pyridine rings is 1. The molecule has 1 aromatic carbocycles. The zero-order chi connectivity index (χ0) is 20.3. The Hall–Kier alpha value is -2.90. The lowest BCUT2D eigenvalue weighted by atomic mass is 9.89. The number of Topliss-reactive ketones (excluding diaryl/α,β-unsaturated/α-hetero) is 1. The summed E-state index contributed by atoms with van der Waals surface area (Å²) in [5.41, 5.74) is -1.02. The second-order valence-corrected chi connectivity index (χ2v) is 6.77. The number of hydrogen-bond acceptors (Lipinski definition) is 3. The molecule has 8 heteroatoms. The number of carbonyl (C=O) groups is 2. The van der Waals surface area contributed by atoms with Crippen LogP contribution in [0.5, 0.6) is 0 Å². The number of carbonyl (C=O) groups excluding carboxylic acids is 2. The summed E-state index contributed by atoms with van der Waals surface area (Å²) >= 11 is 0. The van der Waals surface area contributed by atoms with Gasteiger partial charge in [-0.2, -0.15) is 13.2 Å². The number of amides is 1. The summed E-state index contributed by atoms with van der Waals surface area (Å²) in [5, 5.41) is 0. The van der Waals surface area contributed by atoms with Crippen molar-refractivity contribution < 1.29 is 22.8 Å². The molecule has 1 aliphatic heterocycles. The van der Waals surface area contributed by atoms with E-state index in [1.54, 1.807) is 24.3 Å². The molecule has 2 heterocycles. The van der Waals surface area contributed by atoms with Gasteiger partial charge in [-0.3, -0.25) is 14.4 Å². The number of alkyl halides is 3. The van der Waals surface area contributed by atoms with Gasteiger partial charge in [0, 0.05) is 36.8 Å². The zero-order valence-corrected chi connectivity index (χ0v) is 15.0. The van der Waals surface area contributed by atoms with Gasteiger partial charge in [0.2, 0.25) is 5.91 Å². The van der Waals surface area contributed by atoms with Gasteiger partial charge >= 0.3 is 6.18 Å². The van der Waals surface area contributed by atoms with Crippen LogP contribution in [0.4, 0.5) is 13.2 Å². The van der Waals surface area contributed by atoms with Crippen LogP contribution < -0.4 is 5.56 Å². The van der Waals surface area contributed by atoms with Crippen LogP contribution >= 0.6 is 0 Å². The van der Waals surface area contributed by atoms with Crippen molar-refractivity contribution >= 4 is 11.7 Å². The summed E-state index contributed by atoms with van der Waals surface area (Å²) in [6, 6.07) is 10.4. The van der Waals surface area contributed by atoms with E-state index in [1.807, 2.05) is 6.07 Å². The summed E-state index contributed by atoms with van der Waals surface area (Å²) in [5.74, 6) is -0.600. The van der Waals surface area contributed by atoms with Gasteiger partial charge in [0.25, 0.3) is 5.56 Å². The van der Waals surface area contributed by atoms with E-state index in [9.17, 15) is 27.6 Å². The lowest BCUT2D eigenvalue weighted by Gasteiger charge is -2.31. The normalized spacial score (nSPS) is 15.5. The molecule has 0 atom stereocenters. The summed E-state index contributed by atoms with van der Waals surface area (Å²) in [6.07, 6.45) is -2.96. The number of nitrogens with zero attached hydrogens (tertiary/aromatic N) is 2. The molecule has 0 saturated carbocycles. The first-order valence-electron chi connectivity index (χ1n) is 8.90. The Morgan fingerprint density at radius 1 is 1.00 bits per heavy atom. The average Bonchev–Trinajstić information content (AvgIpc) is 2.69. The Bertz CT molecular complexity index is 914. The lowest BCUT2D eigenvalue weighted by molar-refractivity contribution is -0.139. The Morgan fingerprint density at radius 3 is 2.25 bits per heavy atom. The topological polar surface area (TPSA) is 59.4 Å². The number of ketones is 1. The molecule has 0 unspecified atom stereocenters. The van der Waals surface area contributed by atoms with E-state index >= 15 is 0 Å². The number of piperidine rings is 1. The van der Waals surface area contributed by atoms with E-state index in [4.69, 9.17) is 0 Å². The molecule has 0 N–H and O–H groups in total. The molecule has 0 aliphatic carbocycles. The zero-order valence-electron chi connectivity index (χ0n) is 15.0. The van der Waals surface area contributed by atoms with Crippen molar-refractivity contribution in [1.82, 2.24) is 9.47 Å². The minimum Gasteiger partial charge on any atom is -0.341 e. The van der Waals surface area contributed by atoms with Crippen LogP contribution in [-0.2, 0) is 17.5 Å². The van der Waals surface area contributed by atoms with E-state index in [1.165, 1.54) is 4.90 Å². The molecule has 148 valence electrons. The van der Waals surface area contributed by atoms with Crippen LogP contribution in [0.25, 0.3) is 0 Å². The van der Waals surface area contributed by atoms with E-state index in [0.717, 1.165) is 10.6 Å². The maximum Gasteiger partial charge on any atom is 0.417 e. The second-order valence-electron chi connectivity index (χ2n) is 6.77. The molecular formula is C20H19F3N2O3. The molecule has 2 aromatic rings. The molecule has 5 nitrogen and oxygen atoms in total. The van der Waals surface area contributed by atoms with Gasteiger partial charge in [-0.1, -0.05) is 30.3 Å². The highest BCUT2D eigenvalue weighted by Crippen LogP contribution is 2.28. The van der Waals surface area contributed by atoms with Crippen LogP contribution in [-0.4, -0.2) is 34.2 Å². The Kier molecular flexibility index (Phi) is 5.67. The Balaban J connectivity index is 1.62. The number of aromatic nitrogens is 1. The van der Waals surface area contributed by atoms with Crippen LogP contribution in [0.15, 0.2) is 53.5 Å². The van der Waals surface area contributed by atoms with Crippen LogP contribution in [0.3, 0.4) is 0 Å². The number of benzene rings is 1. The molecule has 28 heavy (non-hydrogen) atoms. The highest BCUT2D eigenvalue weighted by Gasteiger charge is 2.32. The summed E-state index contributed by atoms with van der Waals surface area (Å²) in [6.45, 7) is 0.200. The fourth-order valence-corrected chi connectivity index (χ4v) is 3.30. The van der Waals surface area contributed by atoms with Crippen molar-refractivity contribution in [2.75, 3.05) is 13.1 Å². The maximum atomic E-state index is 12.8. The minimum atomic E-state index is -4.59. The van der Waals surface area contributed by atoms with Gasteiger partial charge in [0.05, 0.1) is 5.56 Å². The number of halogens is 3. The third kappa shape index (κ3) is 4.49. The predicted molar refractivity (Wildman–Crippen MR) is 95.8 cm³/mol. The molecule has 1 aliphatic rings. The number of rotatable bonds is 4. The van der Waals surface area contributed by atoms with E-state index in [2.05, 4.69) is 0 Å². The lowest BCUT2D eigenvalue weighted by Crippen LogP contribution is -2.42. The predicted octanol–water partition coefficient (Wildman–Crippen LogP) is 2.99. The minimum absolute atomic E-state index is 0.0294. The molecule has 0 bridgehead atoms. The van der Waals surface area contributed by atoms with Crippen molar-refractivity contribution in [2.45, 2.75) is 25.6 Å². The summed E-state index contributed by atoms with van der Waals surface area (Å²) < 4.78 is 39.2. The largest absolute Gasteiger partial charge is 0.417 e. The molecule has 1 amide bonds. The monoisotopic (exact) mass is 392 g/mol. The quantitative estimate of drug-likeness (QED) is 0.752. The first-order valence-corrected chi connectivity index (χ1v) is 8.90. The highest BCUT2D eigenvalue weighted by atomic mass is 19.4. The van der Waals surface area contributed by atoms with E-state index < -0.39 is 29.8 Å². The van der Waals surface area contributed by atoms with Crippen LogP contribution in [0.1, 0.15) is 28.8 Å². The highest BCUT2D eigenvalue weighted by molar-refractivity contribution is 5.98. The third-order valence-electron chi connectivity index (χ3n) is 4.89. The summed E-state index contributed by atoms with van der Waals surface area (Å²) in [4.78, 5) is 38.2. The van der Waals surface area contributed by atoms with E-state index in [-0.39, 0.29) is 11.7 Å². The fraction of sp³-hybridized carbons (Fsp3) is 0.350. The van der Waals surface area contributed by atoms with Gasteiger partial charge in [0.15, 0.2) is 5.78 Å².